The Labute approximate surface area is 86.5 Å². The molecule has 0 fully saturated rings. The molecule has 1 N–H and O–H groups in total. The minimum atomic E-state index is -2.94. The third-order valence-electron chi connectivity index (χ3n) is 2.17. The van der Waals surface area contributed by atoms with Crippen LogP contribution in [0.1, 0.15) is 24.8 Å². The van der Waals surface area contributed by atoms with E-state index in [4.69, 9.17) is 5.11 Å². The molecule has 15 heavy (non-hydrogen) atoms. The zero-order valence-electron chi connectivity index (χ0n) is 8.22. The molecule has 1 nitrogen and oxygen atoms in total. The smallest absolute Gasteiger partial charge is 0.273 e. The zero-order chi connectivity index (χ0) is 11.3. The van der Waals surface area contributed by atoms with Gasteiger partial charge >= 0.3 is 0 Å². The molecule has 0 radical (unpaired) electrons. The van der Waals surface area contributed by atoms with Crippen molar-refractivity contribution in [1.82, 2.24) is 0 Å². The number of alkyl halides is 2. The lowest BCUT2D eigenvalue weighted by atomic mass is 10.0. The van der Waals surface area contributed by atoms with Gasteiger partial charge in [-0.2, -0.15) is 0 Å². The predicted molar refractivity (Wildman–Crippen MR) is 51.2 cm³/mol. The van der Waals surface area contributed by atoms with Crippen LogP contribution in [0.2, 0.25) is 0 Å². The normalized spacial score (nSPS) is 11.7. The molecule has 0 amide bonds. The van der Waals surface area contributed by atoms with Crippen LogP contribution in [0.25, 0.3) is 0 Å². The van der Waals surface area contributed by atoms with Crippen molar-refractivity contribution in [3.63, 3.8) is 0 Å². The molecule has 0 aromatic heterocycles. The van der Waals surface area contributed by atoms with Crippen LogP contribution in [0.4, 0.5) is 13.2 Å². The molecule has 0 bridgehead atoms. The summed E-state index contributed by atoms with van der Waals surface area (Å²) < 4.78 is 39.3. The number of aliphatic hydroxyl groups is 1. The first-order chi connectivity index (χ1) is 7.06. The van der Waals surface area contributed by atoms with Gasteiger partial charge in [-0.3, -0.25) is 0 Å². The molecule has 0 saturated carbocycles. The number of aliphatic hydroxyl groups excluding tert-OH is 1. The molecule has 0 aliphatic rings. The number of hydrogen-bond donors (Lipinski definition) is 1. The number of halogens is 3. The molecule has 0 atom stereocenters. The van der Waals surface area contributed by atoms with Gasteiger partial charge in [-0.05, 0) is 25.0 Å². The fraction of sp³-hybridized carbons (Fsp3) is 0.455. The highest BCUT2D eigenvalue weighted by atomic mass is 19.3. The minimum Gasteiger partial charge on any atom is -0.396 e. The van der Waals surface area contributed by atoms with E-state index in [0.29, 0.717) is 6.42 Å². The SMILES string of the molecule is OCCCCC(F)(F)c1ccc(F)cc1. The van der Waals surface area contributed by atoms with Crippen LogP contribution in [0.15, 0.2) is 24.3 Å². The first kappa shape index (κ1) is 12.0. The van der Waals surface area contributed by atoms with Gasteiger partial charge in [-0.1, -0.05) is 12.1 Å². The van der Waals surface area contributed by atoms with Crippen molar-refractivity contribution in [2.24, 2.45) is 0 Å². The molecule has 1 rings (SSSR count). The highest BCUT2D eigenvalue weighted by molar-refractivity contribution is 5.20. The second-order valence-corrected chi connectivity index (χ2v) is 3.39. The summed E-state index contributed by atoms with van der Waals surface area (Å²) in [4.78, 5) is 0. The summed E-state index contributed by atoms with van der Waals surface area (Å²) in [7, 11) is 0. The summed E-state index contributed by atoms with van der Waals surface area (Å²) in [6, 6.07) is 4.23. The van der Waals surface area contributed by atoms with E-state index in [1.807, 2.05) is 0 Å². The van der Waals surface area contributed by atoms with Crippen LogP contribution in [0.5, 0.6) is 0 Å². The number of rotatable bonds is 5. The Kier molecular flexibility index (Phi) is 4.15. The van der Waals surface area contributed by atoms with Gasteiger partial charge in [0, 0.05) is 18.6 Å². The largest absolute Gasteiger partial charge is 0.396 e. The summed E-state index contributed by atoms with van der Waals surface area (Å²) >= 11 is 0. The lowest BCUT2D eigenvalue weighted by molar-refractivity contribution is -0.0165. The maximum Gasteiger partial charge on any atom is 0.273 e. The molecule has 0 aliphatic carbocycles. The van der Waals surface area contributed by atoms with E-state index < -0.39 is 11.7 Å². The molecule has 0 aliphatic heterocycles. The van der Waals surface area contributed by atoms with Crippen molar-refractivity contribution < 1.29 is 18.3 Å². The Morgan fingerprint density at radius 3 is 2.20 bits per heavy atom. The second kappa shape index (κ2) is 5.16. The average Bonchev–Trinajstić information content (AvgIpc) is 2.18. The number of benzene rings is 1. The van der Waals surface area contributed by atoms with Gasteiger partial charge < -0.3 is 5.11 Å². The van der Waals surface area contributed by atoms with Crippen molar-refractivity contribution >= 4 is 0 Å². The predicted octanol–water partition coefficient (Wildman–Crippen LogP) is 3.08. The summed E-state index contributed by atoms with van der Waals surface area (Å²) in [6.45, 7) is -0.0838. The molecule has 4 heteroatoms. The Morgan fingerprint density at radius 1 is 1.07 bits per heavy atom. The number of hydrogen-bond acceptors (Lipinski definition) is 1. The molecule has 0 heterocycles. The van der Waals surface area contributed by atoms with E-state index >= 15 is 0 Å². The highest BCUT2D eigenvalue weighted by Crippen LogP contribution is 2.33. The van der Waals surface area contributed by atoms with Crippen LogP contribution in [0, 0.1) is 5.82 Å². The zero-order valence-corrected chi connectivity index (χ0v) is 8.22. The van der Waals surface area contributed by atoms with Gasteiger partial charge in [-0.15, -0.1) is 0 Å². The molecule has 0 saturated heterocycles. The topological polar surface area (TPSA) is 20.2 Å². The maximum absolute atomic E-state index is 13.4. The van der Waals surface area contributed by atoms with E-state index in [1.165, 1.54) is 0 Å². The van der Waals surface area contributed by atoms with Crippen LogP contribution >= 0.6 is 0 Å². The summed E-state index contributed by atoms with van der Waals surface area (Å²) in [5.74, 6) is -3.46. The Balaban J connectivity index is 2.63. The summed E-state index contributed by atoms with van der Waals surface area (Å²) in [5.41, 5.74) is -0.179. The van der Waals surface area contributed by atoms with Gasteiger partial charge in [0.05, 0.1) is 0 Å². The Morgan fingerprint density at radius 2 is 1.67 bits per heavy atom. The molecule has 1 aromatic carbocycles. The van der Waals surface area contributed by atoms with Crippen molar-refractivity contribution in [1.29, 1.82) is 0 Å². The fourth-order valence-electron chi connectivity index (χ4n) is 1.30. The Hall–Kier alpha value is -1.03. The first-order valence-electron chi connectivity index (χ1n) is 4.81. The molecule has 1 aromatic rings. The van der Waals surface area contributed by atoms with E-state index in [9.17, 15) is 13.2 Å². The molecular weight excluding hydrogens is 205 g/mol. The van der Waals surface area contributed by atoms with Crippen molar-refractivity contribution in [3.8, 4) is 0 Å². The van der Waals surface area contributed by atoms with E-state index in [-0.39, 0.29) is 25.0 Å². The molecule has 84 valence electrons. The third kappa shape index (κ3) is 3.55. The highest BCUT2D eigenvalue weighted by Gasteiger charge is 2.30. The standard InChI is InChI=1S/C11H13F3O/c12-10-5-3-9(4-6-10)11(13,14)7-1-2-8-15/h3-6,15H,1-2,7-8H2. The van der Waals surface area contributed by atoms with Gasteiger partial charge in [0.15, 0.2) is 0 Å². The second-order valence-electron chi connectivity index (χ2n) is 3.39. The van der Waals surface area contributed by atoms with Crippen LogP contribution < -0.4 is 0 Å². The quantitative estimate of drug-likeness (QED) is 0.753. The van der Waals surface area contributed by atoms with Gasteiger partial charge in [0.2, 0.25) is 0 Å². The lowest BCUT2D eigenvalue weighted by Crippen LogP contribution is -2.13. The molecule has 0 spiro atoms. The van der Waals surface area contributed by atoms with E-state index in [1.54, 1.807) is 0 Å². The maximum atomic E-state index is 13.4. The average molecular weight is 218 g/mol. The van der Waals surface area contributed by atoms with E-state index in [0.717, 1.165) is 24.3 Å². The van der Waals surface area contributed by atoms with Gasteiger partial charge in [0.25, 0.3) is 5.92 Å². The first-order valence-corrected chi connectivity index (χ1v) is 4.81. The van der Waals surface area contributed by atoms with Crippen LogP contribution in [0.3, 0.4) is 0 Å². The lowest BCUT2D eigenvalue weighted by Gasteiger charge is -2.16. The fourth-order valence-corrected chi connectivity index (χ4v) is 1.30. The van der Waals surface area contributed by atoms with Gasteiger partial charge in [0.1, 0.15) is 5.82 Å². The molecule has 0 unspecified atom stereocenters. The summed E-state index contributed by atoms with van der Waals surface area (Å²) in [6.07, 6.45) is 0.289. The van der Waals surface area contributed by atoms with Crippen molar-refractivity contribution in [2.45, 2.75) is 25.2 Å². The van der Waals surface area contributed by atoms with E-state index in [2.05, 4.69) is 0 Å². The van der Waals surface area contributed by atoms with Crippen LogP contribution in [-0.4, -0.2) is 11.7 Å². The Bertz CT molecular complexity index is 295. The van der Waals surface area contributed by atoms with Crippen LogP contribution in [-0.2, 0) is 5.92 Å². The summed E-state index contributed by atoms with van der Waals surface area (Å²) in [5, 5.41) is 8.48. The molecular formula is C11H13F3O. The van der Waals surface area contributed by atoms with Crippen molar-refractivity contribution in [2.75, 3.05) is 6.61 Å². The number of unbranched alkanes of at least 4 members (excludes halogenated alkanes) is 1. The third-order valence-corrected chi connectivity index (χ3v) is 2.17. The van der Waals surface area contributed by atoms with Crippen molar-refractivity contribution in [3.05, 3.63) is 35.6 Å². The minimum absolute atomic E-state index is 0.0838. The van der Waals surface area contributed by atoms with Gasteiger partial charge in [-0.25, -0.2) is 13.2 Å². The monoisotopic (exact) mass is 218 g/mol.